The predicted molar refractivity (Wildman–Crippen MR) is 117 cm³/mol. The Morgan fingerprint density at radius 3 is 2.25 bits per heavy atom. The van der Waals surface area contributed by atoms with Crippen LogP contribution in [-0.4, -0.2) is 33.2 Å². The molecular formula is C23H39NO3S. The van der Waals surface area contributed by atoms with Gasteiger partial charge in [-0.25, -0.2) is 4.79 Å². The summed E-state index contributed by atoms with van der Waals surface area (Å²) in [5.41, 5.74) is 0.774. The number of thioether (sulfide) groups is 1. The minimum atomic E-state index is -0.881. The predicted octanol–water partition coefficient (Wildman–Crippen LogP) is 6.07. The minimum Gasteiger partial charge on any atom is -0.477 e. The number of hydrogen-bond acceptors (Lipinski definition) is 3. The molecule has 1 saturated carbocycles. The summed E-state index contributed by atoms with van der Waals surface area (Å²) in [6.07, 6.45) is 7.52. The van der Waals surface area contributed by atoms with E-state index in [4.69, 9.17) is 0 Å². The summed E-state index contributed by atoms with van der Waals surface area (Å²) >= 11 is 1.46. The number of amides is 1. The van der Waals surface area contributed by atoms with Gasteiger partial charge in [0, 0.05) is 29.3 Å². The second kappa shape index (κ2) is 9.69. The highest BCUT2D eigenvalue weighted by Crippen LogP contribution is 2.48. The van der Waals surface area contributed by atoms with Crippen LogP contribution in [-0.2, 0) is 9.59 Å². The summed E-state index contributed by atoms with van der Waals surface area (Å²) in [5.74, 6) is 0.0313. The maximum Gasteiger partial charge on any atom is 0.343 e. The number of carbonyl (C=O) groups excluding carboxylic acids is 1. The third-order valence-electron chi connectivity index (χ3n) is 6.41. The highest BCUT2D eigenvalue weighted by Gasteiger charge is 2.42. The van der Waals surface area contributed by atoms with E-state index in [0.717, 1.165) is 50.6 Å². The Labute approximate surface area is 175 Å². The molecule has 4 nitrogen and oxygen atoms in total. The van der Waals surface area contributed by atoms with Crippen LogP contribution < -0.4 is 0 Å². The molecule has 0 radical (unpaired) electrons. The van der Waals surface area contributed by atoms with Crippen LogP contribution in [0, 0.1) is 17.3 Å². The second-order valence-corrected chi connectivity index (χ2v) is 11.0. The first-order valence-corrected chi connectivity index (χ1v) is 11.9. The number of hydrogen-bond donors (Lipinski definition) is 1. The van der Waals surface area contributed by atoms with Crippen molar-refractivity contribution in [3.05, 3.63) is 10.6 Å². The van der Waals surface area contributed by atoms with Gasteiger partial charge in [0.15, 0.2) is 0 Å². The highest BCUT2D eigenvalue weighted by molar-refractivity contribution is 8.04. The van der Waals surface area contributed by atoms with Gasteiger partial charge in [0.05, 0.1) is 0 Å². The molecule has 2 atom stereocenters. The first-order valence-electron chi connectivity index (χ1n) is 11.1. The average molecular weight is 410 g/mol. The number of rotatable bonds is 7. The fourth-order valence-electron chi connectivity index (χ4n) is 4.47. The quantitative estimate of drug-likeness (QED) is 0.554. The van der Waals surface area contributed by atoms with Crippen molar-refractivity contribution in [1.82, 2.24) is 4.90 Å². The molecule has 1 heterocycles. The van der Waals surface area contributed by atoms with Crippen molar-refractivity contribution in [2.24, 2.45) is 17.3 Å². The highest BCUT2D eigenvalue weighted by atomic mass is 32.2. The van der Waals surface area contributed by atoms with Crippen LogP contribution in [0.15, 0.2) is 10.6 Å². The average Bonchev–Trinajstić information content (AvgIpc) is 3.07. The summed E-state index contributed by atoms with van der Waals surface area (Å²) in [7, 11) is 0. The van der Waals surface area contributed by atoms with Gasteiger partial charge in [-0.1, -0.05) is 48.0 Å². The summed E-state index contributed by atoms with van der Waals surface area (Å²) < 4.78 is 0. The molecule has 0 bridgehead atoms. The lowest BCUT2D eigenvalue weighted by atomic mass is 9.81. The van der Waals surface area contributed by atoms with E-state index >= 15 is 0 Å². The Morgan fingerprint density at radius 1 is 1.18 bits per heavy atom. The van der Waals surface area contributed by atoms with E-state index in [-0.39, 0.29) is 28.5 Å². The largest absolute Gasteiger partial charge is 0.477 e. The maximum atomic E-state index is 13.7. The molecule has 2 rings (SSSR count). The van der Waals surface area contributed by atoms with Gasteiger partial charge in [-0.2, -0.15) is 0 Å². The van der Waals surface area contributed by atoms with Gasteiger partial charge in [-0.05, 0) is 49.9 Å². The third-order valence-corrected chi connectivity index (χ3v) is 8.22. The molecule has 2 aliphatic rings. The van der Waals surface area contributed by atoms with Gasteiger partial charge in [0.2, 0.25) is 5.91 Å². The minimum absolute atomic E-state index is 0.00538. The molecule has 1 aliphatic carbocycles. The number of carbonyl (C=O) groups is 2. The molecule has 1 amide bonds. The van der Waals surface area contributed by atoms with Gasteiger partial charge in [-0.3, -0.25) is 4.79 Å². The summed E-state index contributed by atoms with van der Waals surface area (Å²) in [6, 6.07) is 0.0977. The summed E-state index contributed by atoms with van der Waals surface area (Å²) in [6.45, 7) is 13.0. The van der Waals surface area contributed by atoms with Crippen LogP contribution in [0.1, 0.15) is 92.9 Å². The van der Waals surface area contributed by atoms with E-state index < -0.39 is 5.97 Å². The molecule has 1 N–H and O–H groups in total. The van der Waals surface area contributed by atoms with Gasteiger partial charge < -0.3 is 10.0 Å². The lowest BCUT2D eigenvalue weighted by Gasteiger charge is -2.37. The second-order valence-electron chi connectivity index (χ2n) is 9.77. The Morgan fingerprint density at radius 2 is 1.79 bits per heavy atom. The summed E-state index contributed by atoms with van der Waals surface area (Å²) in [4.78, 5) is 28.1. The van der Waals surface area contributed by atoms with Crippen LogP contribution in [0.4, 0.5) is 0 Å². The van der Waals surface area contributed by atoms with Crippen molar-refractivity contribution in [2.45, 2.75) is 104 Å². The van der Waals surface area contributed by atoms with Crippen molar-refractivity contribution >= 4 is 23.6 Å². The van der Waals surface area contributed by atoms with Crippen molar-refractivity contribution in [3.63, 3.8) is 0 Å². The van der Waals surface area contributed by atoms with Crippen molar-refractivity contribution in [3.8, 4) is 0 Å². The Hall–Kier alpha value is -0.970. The number of carboxylic acid groups (broad SMARTS) is 1. The molecular weight excluding hydrogens is 370 g/mol. The van der Waals surface area contributed by atoms with E-state index in [0.29, 0.717) is 17.2 Å². The van der Waals surface area contributed by atoms with Gasteiger partial charge >= 0.3 is 5.97 Å². The van der Waals surface area contributed by atoms with Gasteiger partial charge in [0.1, 0.15) is 4.91 Å². The molecule has 160 valence electrons. The summed E-state index contributed by atoms with van der Waals surface area (Å²) in [5, 5.41) is 10.1. The molecule has 0 spiro atoms. The van der Waals surface area contributed by atoms with Gasteiger partial charge in [-0.15, -0.1) is 11.8 Å². The molecule has 1 fully saturated rings. The van der Waals surface area contributed by atoms with E-state index in [1.54, 1.807) is 0 Å². The van der Waals surface area contributed by atoms with Crippen molar-refractivity contribution in [1.29, 1.82) is 0 Å². The third kappa shape index (κ3) is 5.34. The molecule has 2 unspecified atom stereocenters. The zero-order chi connectivity index (χ0) is 21.1. The van der Waals surface area contributed by atoms with Crippen LogP contribution >= 0.6 is 11.8 Å². The molecule has 0 aromatic heterocycles. The Bertz CT molecular complexity index is 599. The zero-order valence-corrected chi connectivity index (χ0v) is 19.4. The monoisotopic (exact) mass is 409 g/mol. The molecule has 28 heavy (non-hydrogen) atoms. The number of nitrogens with zero attached hydrogens (tertiary/aromatic N) is 1. The first kappa shape index (κ1) is 23.3. The van der Waals surface area contributed by atoms with E-state index in [9.17, 15) is 14.7 Å². The fraction of sp³-hybridized carbons (Fsp3) is 0.826. The number of allylic oxidation sites excluding steroid dienone is 1. The van der Waals surface area contributed by atoms with Crippen molar-refractivity contribution < 1.29 is 14.7 Å². The Kier molecular flexibility index (Phi) is 8.06. The normalized spacial score (nSPS) is 27.0. The van der Waals surface area contributed by atoms with Crippen molar-refractivity contribution in [2.75, 3.05) is 0 Å². The lowest BCUT2D eigenvalue weighted by Crippen LogP contribution is -2.44. The van der Waals surface area contributed by atoms with E-state index in [1.165, 1.54) is 11.8 Å². The molecule has 0 aromatic carbocycles. The fourth-order valence-corrected chi connectivity index (χ4v) is 5.77. The number of aliphatic carboxylic acids is 1. The number of carboxylic acids is 1. The smallest absolute Gasteiger partial charge is 0.343 e. The first-order chi connectivity index (χ1) is 13.1. The SMILES string of the molecule is CCCC(CC)N(C(=O)C1CCC(C)CC1)C1=C(C(=O)O)SC(C(C)(C)C)C1. The zero-order valence-electron chi connectivity index (χ0n) is 18.6. The topological polar surface area (TPSA) is 57.6 Å². The van der Waals surface area contributed by atoms with E-state index in [2.05, 4.69) is 41.5 Å². The lowest BCUT2D eigenvalue weighted by molar-refractivity contribution is -0.137. The molecule has 1 aliphatic heterocycles. The molecule has 0 aromatic rings. The van der Waals surface area contributed by atoms with E-state index in [1.807, 2.05) is 4.90 Å². The van der Waals surface area contributed by atoms with Crippen LogP contribution in [0.25, 0.3) is 0 Å². The Balaban J connectivity index is 2.40. The van der Waals surface area contributed by atoms with Crippen LogP contribution in [0.2, 0.25) is 0 Å². The standard InChI is InChI=1S/C23H39NO3S/c1-7-9-17(8-2)24(21(25)16-12-10-15(3)11-13-16)18-14-19(23(4,5)6)28-20(18)22(26)27/h15-17,19H,7-14H2,1-6H3,(H,26,27). The van der Waals surface area contributed by atoms with Crippen LogP contribution in [0.5, 0.6) is 0 Å². The van der Waals surface area contributed by atoms with Gasteiger partial charge in [0.25, 0.3) is 0 Å². The molecule has 5 heteroatoms. The molecule has 0 saturated heterocycles. The maximum absolute atomic E-state index is 13.7. The van der Waals surface area contributed by atoms with Crippen LogP contribution in [0.3, 0.4) is 0 Å².